The number of likely N-dealkylation sites (tertiary alicyclic amines) is 1. The Morgan fingerprint density at radius 2 is 1.92 bits per heavy atom. The Balaban J connectivity index is 1.82. The van der Waals surface area contributed by atoms with Gasteiger partial charge in [-0.15, -0.1) is 0 Å². The van der Waals surface area contributed by atoms with Crippen molar-refractivity contribution in [2.75, 3.05) is 25.5 Å². The maximum atomic E-state index is 12.5. The summed E-state index contributed by atoms with van der Waals surface area (Å²) < 4.78 is 1.13. The van der Waals surface area contributed by atoms with Gasteiger partial charge in [-0.2, -0.15) is 9.78 Å². The van der Waals surface area contributed by atoms with Crippen LogP contribution in [-0.4, -0.2) is 45.8 Å². The Hall–Kier alpha value is -2.45. The molecule has 1 aliphatic rings. The fourth-order valence-corrected chi connectivity index (χ4v) is 2.99. The molecule has 2 aromatic rings. The van der Waals surface area contributed by atoms with Crippen molar-refractivity contribution in [3.8, 4) is 5.69 Å². The summed E-state index contributed by atoms with van der Waals surface area (Å²) in [6.45, 7) is 1.98. The molecule has 0 aliphatic carbocycles. The lowest BCUT2D eigenvalue weighted by atomic mass is 10.1. The number of hydrogen-bond donors (Lipinski definition) is 1. The van der Waals surface area contributed by atoms with Crippen LogP contribution in [-0.2, 0) is 0 Å². The highest BCUT2D eigenvalue weighted by molar-refractivity contribution is 6.32. The zero-order chi connectivity index (χ0) is 18.0. The van der Waals surface area contributed by atoms with Crippen molar-refractivity contribution in [3.63, 3.8) is 0 Å². The van der Waals surface area contributed by atoms with Crippen LogP contribution in [0.5, 0.6) is 0 Å². The van der Waals surface area contributed by atoms with E-state index in [4.69, 9.17) is 11.6 Å². The molecule has 0 spiro atoms. The Bertz CT molecular complexity index is 829. The van der Waals surface area contributed by atoms with Crippen molar-refractivity contribution in [2.24, 2.45) is 0 Å². The number of nitrogens with zero attached hydrogens (tertiary/aromatic N) is 4. The topological polar surface area (TPSA) is 93.3 Å². The van der Waals surface area contributed by atoms with Crippen LogP contribution in [0.2, 0.25) is 5.02 Å². The van der Waals surface area contributed by atoms with Gasteiger partial charge in [0, 0.05) is 18.2 Å². The third-order valence-electron chi connectivity index (χ3n) is 4.30. The molecule has 1 aromatic heterocycles. The zero-order valence-electron chi connectivity index (χ0n) is 13.7. The molecule has 9 heteroatoms. The van der Waals surface area contributed by atoms with E-state index in [1.165, 1.54) is 30.5 Å². The third kappa shape index (κ3) is 3.80. The summed E-state index contributed by atoms with van der Waals surface area (Å²) >= 11 is 6.22. The molecule has 0 unspecified atom stereocenters. The molecular weight excluding hydrogens is 346 g/mol. The molecule has 25 heavy (non-hydrogen) atoms. The number of halogens is 1. The average molecular weight is 364 g/mol. The Morgan fingerprint density at radius 1 is 1.28 bits per heavy atom. The van der Waals surface area contributed by atoms with Crippen molar-refractivity contribution in [2.45, 2.75) is 18.9 Å². The van der Waals surface area contributed by atoms with Gasteiger partial charge in [-0.3, -0.25) is 14.9 Å². The predicted octanol–water partition coefficient (Wildman–Crippen LogP) is 2.30. The molecule has 0 radical (unpaired) electrons. The predicted molar refractivity (Wildman–Crippen MR) is 95.6 cm³/mol. The van der Waals surface area contributed by atoms with Gasteiger partial charge in [-0.05, 0) is 45.1 Å². The summed E-state index contributed by atoms with van der Waals surface area (Å²) in [5.74, 6) is 0. The fourth-order valence-electron chi connectivity index (χ4n) is 2.81. The van der Waals surface area contributed by atoms with Gasteiger partial charge in [0.15, 0.2) is 0 Å². The van der Waals surface area contributed by atoms with E-state index < -0.39 is 10.5 Å². The number of nitrogens with one attached hydrogen (secondary N) is 1. The minimum atomic E-state index is -0.498. The summed E-state index contributed by atoms with van der Waals surface area (Å²) in [6, 6.07) is 5.83. The number of nitro groups is 1. The molecule has 1 aliphatic heterocycles. The van der Waals surface area contributed by atoms with Gasteiger partial charge in [-0.1, -0.05) is 11.6 Å². The summed E-state index contributed by atoms with van der Waals surface area (Å²) in [7, 11) is 2.08. The molecular formula is C16H18ClN5O3. The van der Waals surface area contributed by atoms with Crippen molar-refractivity contribution >= 4 is 23.0 Å². The van der Waals surface area contributed by atoms with Gasteiger partial charge in [0.05, 0.1) is 22.5 Å². The first kappa shape index (κ1) is 17.4. The third-order valence-corrected chi connectivity index (χ3v) is 4.67. The fraction of sp³-hybridized carbons (Fsp3) is 0.375. The highest BCUT2D eigenvalue weighted by Crippen LogP contribution is 2.21. The summed E-state index contributed by atoms with van der Waals surface area (Å²) in [4.78, 5) is 25.0. The van der Waals surface area contributed by atoms with Crippen LogP contribution in [0.25, 0.3) is 5.69 Å². The van der Waals surface area contributed by atoms with Crippen LogP contribution >= 0.6 is 11.6 Å². The second-order valence-corrected chi connectivity index (χ2v) is 6.46. The van der Waals surface area contributed by atoms with Gasteiger partial charge >= 0.3 is 0 Å². The van der Waals surface area contributed by atoms with E-state index in [2.05, 4.69) is 22.4 Å². The molecule has 1 saturated heterocycles. The smallest absolute Gasteiger partial charge is 0.292 e. The summed E-state index contributed by atoms with van der Waals surface area (Å²) in [6.07, 6.45) is 3.46. The highest BCUT2D eigenvalue weighted by Gasteiger charge is 2.19. The normalized spacial score (nSPS) is 15.9. The Labute approximate surface area is 149 Å². The first-order chi connectivity index (χ1) is 12.0. The van der Waals surface area contributed by atoms with Gasteiger partial charge in [0.25, 0.3) is 11.2 Å². The van der Waals surface area contributed by atoms with E-state index >= 15 is 0 Å². The van der Waals surface area contributed by atoms with Crippen molar-refractivity contribution < 1.29 is 4.92 Å². The number of piperidine rings is 1. The Kier molecular flexibility index (Phi) is 5.00. The SMILES string of the molecule is CN1CCC(Nc2cnn(-c3ccc([N+](=O)[O-])cc3)c(=O)c2Cl)CC1. The number of anilines is 1. The van der Waals surface area contributed by atoms with E-state index in [1.54, 1.807) is 0 Å². The Morgan fingerprint density at radius 3 is 2.52 bits per heavy atom. The van der Waals surface area contributed by atoms with Crippen LogP contribution in [0.1, 0.15) is 12.8 Å². The van der Waals surface area contributed by atoms with Crippen molar-refractivity contribution in [1.82, 2.24) is 14.7 Å². The maximum absolute atomic E-state index is 12.5. The molecule has 1 N–H and O–H groups in total. The standard InChI is InChI=1S/C16H18ClN5O3/c1-20-8-6-11(7-9-20)19-14-10-18-21(16(23)15(14)17)12-2-4-13(5-3-12)22(24)25/h2-5,10-11,19H,6-9H2,1H3. The summed E-state index contributed by atoms with van der Waals surface area (Å²) in [5, 5.41) is 18.2. The minimum absolute atomic E-state index is 0.0524. The molecule has 0 bridgehead atoms. The van der Waals surface area contributed by atoms with Gasteiger partial charge in [0.2, 0.25) is 0 Å². The molecule has 132 valence electrons. The molecule has 0 saturated carbocycles. The second-order valence-electron chi connectivity index (χ2n) is 6.08. The average Bonchev–Trinajstić information content (AvgIpc) is 2.61. The molecule has 2 heterocycles. The largest absolute Gasteiger partial charge is 0.380 e. The van der Waals surface area contributed by atoms with Crippen LogP contribution in [0, 0.1) is 10.1 Å². The maximum Gasteiger partial charge on any atom is 0.292 e. The van der Waals surface area contributed by atoms with Crippen LogP contribution in [0.3, 0.4) is 0 Å². The number of aromatic nitrogens is 2. The van der Waals surface area contributed by atoms with E-state index in [-0.39, 0.29) is 16.8 Å². The summed E-state index contributed by atoms with van der Waals surface area (Å²) in [5.41, 5.74) is 0.416. The quantitative estimate of drug-likeness (QED) is 0.661. The first-order valence-corrected chi connectivity index (χ1v) is 8.31. The van der Waals surface area contributed by atoms with Gasteiger partial charge < -0.3 is 10.2 Å². The highest BCUT2D eigenvalue weighted by atomic mass is 35.5. The number of benzene rings is 1. The number of rotatable bonds is 4. The molecule has 1 aromatic carbocycles. The number of hydrogen-bond acceptors (Lipinski definition) is 6. The zero-order valence-corrected chi connectivity index (χ0v) is 14.4. The lowest BCUT2D eigenvalue weighted by Crippen LogP contribution is -2.37. The minimum Gasteiger partial charge on any atom is -0.380 e. The van der Waals surface area contributed by atoms with E-state index in [0.29, 0.717) is 11.4 Å². The number of non-ortho nitro benzene ring substituents is 1. The van der Waals surface area contributed by atoms with Crippen molar-refractivity contribution in [3.05, 3.63) is 56.0 Å². The molecule has 1 fully saturated rings. The lowest BCUT2D eigenvalue weighted by Gasteiger charge is -2.30. The molecule has 0 amide bonds. The molecule has 8 nitrogen and oxygen atoms in total. The van der Waals surface area contributed by atoms with Crippen LogP contribution in [0.15, 0.2) is 35.3 Å². The van der Waals surface area contributed by atoms with Crippen LogP contribution < -0.4 is 10.9 Å². The molecule has 3 rings (SSSR count). The van der Waals surface area contributed by atoms with E-state index in [9.17, 15) is 14.9 Å². The van der Waals surface area contributed by atoms with Gasteiger partial charge in [0.1, 0.15) is 5.02 Å². The molecule has 0 atom stereocenters. The van der Waals surface area contributed by atoms with Crippen LogP contribution in [0.4, 0.5) is 11.4 Å². The van der Waals surface area contributed by atoms with Gasteiger partial charge in [-0.25, -0.2) is 0 Å². The van der Waals surface area contributed by atoms with E-state index in [0.717, 1.165) is 30.6 Å². The second kappa shape index (κ2) is 7.20. The first-order valence-electron chi connectivity index (χ1n) is 7.93. The lowest BCUT2D eigenvalue weighted by molar-refractivity contribution is -0.384. The van der Waals surface area contributed by atoms with E-state index in [1.807, 2.05) is 0 Å². The monoisotopic (exact) mass is 363 g/mol. The van der Waals surface area contributed by atoms with Crippen molar-refractivity contribution in [1.29, 1.82) is 0 Å². The number of nitro benzene ring substituents is 1.